The van der Waals surface area contributed by atoms with Gasteiger partial charge in [-0.05, 0) is 49.2 Å². The first-order chi connectivity index (χ1) is 13.1. The maximum Gasteiger partial charge on any atom is 0.265 e. The summed E-state index contributed by atoms with van der Waals surface area (Å²) in [5.41, 5.74) is 2.85. The van der Waals surface area contributed by atoms with Gasteiger partial charge >= 0.3 is 0 Å². The normalized spacial score (nSPS) is 11.5. The van der Waals surface area contributed by atoms with Gasteiger partial charge in [0, 0.05) is 11.8 Å². The van der Waals surface area contributed by atoms with Crippen LogP contribution in [0.15, 0.2) is 78.9 Å². The quantitative estimate of drug-likeness (QED) is 0.646. The number of hydrogen-bond donors (Lipinski definition) is 1. The Morgan fingerprint density at radius 2 is 1.67 bits per heavy atom. The Balaban J connectivity index is 1.57. The Morgan fingerprint density at radius 3 is 2.44 bits per heavy atom. The zero-order chi connectivity index (χ0) is 19.1. The van der Waals surface area contributed by atoms with Crippen molar-refractivity contribution in [3.63, 3.8) is 0 Å². The number of carbonyl (C=O) groups excluding carboxylic acids is 1. The van der Waals surface area contributed by atoms with E-state index < -0.39 is 6.10 Å². The second-order valence-electron chi connectivity index (χ2n) is 6.37. The molecule has 0 aliphatic rings. The number of aryl methyl sites for hydroxylation is 1. The van der Waals surface area contributed by atoms with E-state index in [9.17, 15) is 4.79 Å². The van der Waals surface area contributed by atoms with E-state index in [-0.39, 0.29) is 5.91 Å². The van der Waals surface area contributed by atoms with Crippen molar-refractivity contribution in [2.75, 3.05) is 5.32 Å². The Hall–Kier alpha value is -3.27. The molecule has 0 aromatic heterocycles. The van der Waals surface area contributed by atoms with Gasteiger partial charge in [-0.3, -0.25) is 4.79 Å². The summed E-state index contributed by atoms with van der Waals surface area (Å²) >= 11 is 0. The van der Waals surface area contributed by atoms with Gasteiger partial charge in [-0.1, -0.05) is 48.5 Å². The number of ether oxygens (including phenoxy) is 2. The van der Waals surface area contributed by atoms with Crippen LogP contribution in [0.4, 0.5) is 5.69 Å². The van der Waals surface area contributed by atoms with Crippen LogP contribution >= 0.6 is 0 Å². The average Bonchev–Trinajstić information content (AvgIpc) is 2.67. The van der Waals surface area contributed by atoms with Crippen LogP contribution in [0.3, 0.4) is 0 Å². The minimum Gasteiger partial charge on any atom is -0.489 e. The number of hydrogen-bond acceptors (Lipinski definition) is 3. The lowest BCUT2D eigenvalue weighted by atomic mass is 10.2. The molecule has 4 heteroatoms. The minimum absolute atomic E-state index is 0.211. The first-order valence-electron chi connectivity index (χ1n) is 8.91. The molecule has 0 bridgehead atoms. The van der Waals surface area contributed by atoms with Crippen molar-refractivity contribution in [3.8, 4) is 11.5 Å². The highest BCUT2D eigenvalue weighted by atomic mass is 16.5. The average molecular weight is 361 g/mol. The summed E-state index contributed by atoms with van der Waals surface area (Å²) in [6.07, 6.45) is -0.610. The molecule has 0 aliphatic heterocycles. The van der Waals surface area contributed by atoms with Gasteiger partial charge in [0.25, 0.3) is 5.91 Å². The van der Waals surface area contributed by atoms with Gasteiger partial charge < -0.3 is 14.8 Å². The van der Waals surface area contributed by atoms with E-state index >= 15 is 0 Å². The molecule has 0 fully saturated rings. The molecule has 0 radical (unpaired) electrons. The second kappa shape index (κ2) is 8.90. The maximum atomic E-state index is 12.4. The van der Waals surface area contributed by atoms with Gasteiger partial charge in [0.05, 0.1) is 0 Å². The summed E-state index contributed by atoms with van der Waals surface area (Å²) in [6, 6.07) is 24.9. The van der Waals surface area contributed by atoms with Crippen molar-refractivity contribution < 1.29 is 14.3 Å². The molecule has 0 spiro atoms. The molecular weight excluding hydrogens is 338 g/mol. The number of amides is 1. The van der Waals surface area contributed by atoms with Gasteiger partial charge in [-0.25, -0.2) is 0 Å². The van der Waals surface area contributed by atoms with Crippen molar-refractivity contribution in [2.24, 2.45) is 0 Å². The van der Waals surface area contributed by atoms with E-state index in [1.807, 2.05) is 79.7 Å². The Bertz CT molecular complexity index is 893. The highest BCUT2D eigenvalue weighted by Crippen LogP contribution is 2.20. The molecular formula is C23H23NO3. The SMILES string of the molecule is Cc1cccc(OC(C)C(=O)Nc2cccc(OCc3ccccc3)c2)c1. The van der Waals surface area contributed by atoms with Crippen LogP contribution in [0.1, 0.15) is 18.1 Å². The number of carbonyl (C=O) groups is 1. The van der Waals surface area contributed by atoms with Crippen molar-refractivity contribution in [3.05, 3.63) is 90.0 Å². The summed E-state index contributed by atoms with van der Waals surface area (Å²) in [5, 5.41) is 2.87. The standard InChI is InChI=1S/C23H23NO3/c1-17-8-6-13-22(14-17)27-18(2)23(25)24-20-11-7-12-21(15-20)26-16-19-9-4-3-5-10-19/h3-15,18H,16H2,1-2H3,(H,24,25). The molecule has 138 valence electrons. The molecule has 0 aliphatic carbocycles. The van der Waals surface area contributed by atoms with Crippen molar-refractivity contribution in [2.45, 2.75) is 26.6 Å². The van der Waals surface area contributed by atoms with Gasteiger partial charge in [-0.15, -0.1) is 0 Å². The minimum atomic E-state index is -0.610. The molecule has 3 aromatic rings. The van der Waals surface area contributed by atoms with Gasteiger partial charge in [0.2, 0.25) is 0 Å². The molecule has 1 amide bonds. The fourth-order valence-corrected chi connectivity index (χ4v) is 2.59. The largest absolute Gasteiger partial charge is 0.489 e. The maximum absolute atomic E-state index is 12.4. The van der Waals surface area contributed by atoms with Crippen LogP contribution in [0.2, 0.25) is 0 Å². The van der Waals surface area contributed by atoms with Crippen LogP contribution in [0, 0.1) is 6.92 Å². The third-order valence-electron chi connectivity index (χ3n) is 4.02. The Kier molecular flexibility index (Phi) is 6.10. The fraction of sp³-hybridized carbons (Fsp3) is 0.174. The molecule has 0 saturated carbocycles. The molecule has 1 unspecified atom stereocenters. The van der Waals surface area contributed by atoms with Crippen molar-refractivity contribution >= 4 is 11.6 Å². The zero-order valence-electron chi connectivity index (χ0n) is 15.5. The molecule has 27 heavy (non-hydrogen) atoms. The van der Waals surface area contributed by atoms with E-state index in [0.717, 1.165) is 11.1 Å². The van der Waals surface area contributed by atoms with E-state index in [4.69, 9.17) is 9.47 Å². The molecule has 1 atom stereocenters. The zero-order valence-corrected chi connectivity index (χ0v) is 15.5. The Labute approximate surface area is 159 Å². The summed E-state index contributed by atoms with van der Waals surface area (Å²) in [5.74, 6) is 1.17. The summed E-state index contributed by atoms with van der Waals surface area (Å²) in [4.78, 5) is 12.4. The molecule has 4 nitrogen and oxygen atoms in total. The lowest BCUT2D eigenvalue weighted by Crippen LogP contribution is -2.30. The van der Waals surface area contributed by atoms with E-state index in [1.54, 1.807) is 13.0 Å². The first kappa shape index (κ1) is 18.5. The van der Waals surface area contributed by atoms with Crippen molar-refractivity contribution in [1.82, 2.24) is 0 Å². The van der Waals surface area contributed by atoms with Gasteiger partial charge in [-0.2, -0.15) is 0 Å². The first-order valence-corrected chi connectivity index (χ1v) is 8.91. The van der Waals surface area contributed by atoms with Gasteiger partial charge in [0.15, 0.2) is 6.10 Å². The van der Waals surface area contributed by atoms with Crippen LogP contribution in [-0.4, -0.2) is 12.0 Å². The number of rotatable bonds is 7. The summed E-state index contributed by atoms with van der Waals surface area (Å²) < 4.78 is 11.5. The van der Waals surface area contributed by atoms with Crippen LogP contribution in [-0.2, 0) is 11.4 Å². The van der Waals surface area contributed by atoms with Gasteiger partial charge in [0.1, 0.15) is 18.1 Å². The van der Waals surface area contributed by atoms with E-state index in [1.165, 1.54) is 0 Å². The predicted molar refractivity (Wildman–Crippen MR) is 107 cm³/mol. The summed E-state index contributed by atoms with van der Waals surface area (Å²) in [6.45, 7) is 4.19. The molecule has 0 heterocycles. The lowest BCUT2D eigenvalue weighted by molar-refractivity contribution is -0.122. The molecule has 3 rings (SSSR count). The lowest BCUT2D eigenvalue weighted by Gasteiger charge is -2.15. The fourth-order valence-electron chi connectivity index (χ4n) is 2.59. The van der Waals surface area contributed by atoms with Crippen molar-refractivity contribution in [1.29, 1.82) is 0 Å². The highest BCUT2D eigenvalue weighted by Gasteiger charge is 2.15. The topological polar surface area (TPSA) is 47.6 Å². The Morgan fingerprint density at radius 1 is 0.926 bits per heavy atom. The smallest absolute Gasteiger partial charge is 0.265 e. The number of anilines is 1. The van der Waals surface area contributed by atoms with Crippen LogP contribution in [0.5, 0.6) is 11.5 Å². The monoisotopic (exact) mass is 361 g/mol. The van der Waals surface area contributed by atoms with Crippen LogP contribution in [0.25, 0.3) is 0 Å². The highest BCUT2D eigenvalue weighted by molar-refractivity contribution is 5.94. The predicted octanol–water partition coefficient (Wildman–Crippen LogP) is 4.98. The second-order valence-corrected chi connectivity index (χ2v) is 6.37. The third kappa shape index (κ3) is 5.61. The summed E-state index contributed by atoms with van der Waals surface area (Å²) in [7, 11) is 0. The number of benzene rings is 3. The third-order valence-corrected chi connectivity index (χ3v) is 4.02. The van der Waals surface area contributed by atoms with E-state index in [2.05, 4.69) is 5.32 Å². The van der Waals surface area contributed by atoms with E-state index in [0.29, 0.717) is 23.8 Å². The molecule has 3 aromatic carbocycles. The van der Waals surface area contributed by atoms with Crippen LogP contribution < -0.4 is 14.8 Å². The molecule has 1 N–H and O–H groups in total. The number of nitrogens with one attached hydrogen (secondary N) is 1. The molecule has 0 saturated heterocycles.